The number of fused-ring (bicyclic) bond motifs is 2. The second-order valence-corrected chi connectivity index (χ2v) is 11.8. The zero-order valence-corrected chi connectivity index (χ0v) is 23.6. The number of halogens is 1. The number of methoxy groups -OCH3 is 1. The second kappa shape index (κ2) is 10.3. The first-order valence-electron chi connectivity index (χ1n) is 14.3. The Morgan fingerprint density at radius 1 is 1.21 bits per heavy atom. The lowest BCUT2D eigenvalue weighted by atomic mass is 9.51. The molecule has 0 bridgehead atoms. The van der Waals surface area contributed by atoms with Crippen LogP contribution in [0.1, 0.15) is 48.7 Å². The highest BCUT2D eigenvalue weighted by Gasteiger charge is 2.54. The molecule has 0 radical (unpaired) electrons. The number of aliphatic hydroxyl groups is 1. The van der Waals surface area contributed by atoms with Gasteiger partial charge in [-0.05, 0) is 61.8 Å². The summed E-state index contributed by atoms with van der Waals surface area (Å²) < 4.78 is 29.1. The Kier molecular flexibility index (Phi) is 6.51. The summed E-state index contributed by atoms with van der Waals surface area (Å²) in [6.07, 6.45) is 10.5. The Balaban J connectivity index is 1.16. The van der Waals surface area contributed by atoms with Crippen molar-refractivity contribution in [2.75, 3.05) is 20.3 Å². The molecule has 1 atom stereocenters. The number of rotatable bonds is 8. The summed E-state index contributed by atoms with van der Waals surface area (Å²) in [6, 6.07) is 5.61. The van der Waals surface area contributed by atoms with Crippen LogP contribution in [0.25, 0.3) is 16.8 Å². The number of nitrogens with one attached hydrogen (secondary N) is 1. The molecule has 12 heteroatoms. The minimum Gasteiger partial charge on any atom is -0.493 e. The molecule has 2 saturated carbocycles. The van der Waals surface area contributed by atoms with Crippen LogP contribution < -0.4 is 14.8 Å². The molecule has 3 aliphatic rings. The fourth-order valence-corrected chi connectivity index (χ4v) is 7.11. The van der Waals surface area contributed by atoms with E-state index in [1.165, 1.54) is 30.7 Å². The Hall–Kier alpha value is -4.21. The van der Waals surface area contributed by atoms with Gasteiger partial charge in [0.05, 0.1) is 49.7 Å². The van der Waals surface area contributed by atoms with Gasteiger partial charge in [0.2, 0.25) is 0 Å². The molecule has 218 valence electrons. The molecular formula is C30H33FN8O3. The van der Waals surface area contributed by atoms with E-state index in [4.69, 9.17) is 19.8 Å². The molecule has 5 heterocycles. The maximum absolute atomic E-state index is 13.5. The van der Waals surface area contributed by atoms with Gasteiger partial charge in [0.1, 0.15) is 5.82 Å². The fraction of sp³-hybridized carbons (Fsp3) is 0.467. The largest absolute Gasteiger partial charge is 0.493 e. The molecule has 42 heavy (non-hydrogen) atoms. The van der Waals surface area contributed by atoms with Gasteiger partial charge in [-0.1, -0.05) is 0 Å². The molecule has 2 fully saturated rings. The highest BCUT2D eigenvalue weighted by atomic mass is 19.1. The molecule has 1 unspecified atom stereocenters. The second-order valence-electron chi connectivity index (χ2n) is 11.8. The molecule has 0 aromatic carbocycles. The van der Waals surface area contributed by atoms with Crippen molar-refractivity contribution in [3.05, 3.63) is 59.6 Å². The van der Waals surface area contributed by atoms with Crippen LogP contribution in [0.15, 0.2) is 36.8 Å². The molecule has 1 spiro atoms. The number of nitriles is 1. The Morgan fingerprint density at radius 2 is 2.05 bits per heavy atom. The summed E-state index contributed by atoms with van der Waals surface area (Å²) >= 11 is 0. The van der Waals surface area contributed by atoms with Crippen molar-refractivity contribution in [3.8, 4) is 28.9 Å². The Morgan fingerprint density at radius 3 is 2.76 bits per heavy atom. The number of aromatic nitrogens is 5. The van der Waals surface area contributed by atoms with E-state index in [0.717, 1.165) is 55.5 Å². The van der Waals surface area contributed by atoms with Gasteiger partial charge in [-0.15, -0.1) is 0 Å². The summed E-state index contributed by atoms with van der Waals surface area (Å²) in [4.78, 5) is 6.69. The van der Waals surface area contributed by atoms with Crippen LogP contribution in [0.5, 0.6) is 11.5 Å². The quantitative estimate of drug-likeness (QED) is 0.241. The fourth-order valence-electron chi connectivity index (χ4n) is 7.11. The molecular weight excluding hydrogens is 539 g/mol. The number of hydrogen-bond acceptors (Lipinski definition) is 9. The van der Waals surface area contributed by atoms with Crippen molar-refractivity contribution in [2.24, 2.45) is 5.41 Å². The summed E-state index contributed by atoms with van der Waals surface area (Å²) in [6.45, 7) is 4.39. The van der Waals surface area contributed by atoms with Crippen molar-refractivity contribution in [2.45, 2.75) is 63.9 Å². The van der Waals surface area contributed by atoms with Crippen LogP contribution in [0.3, 0.4) is 0 Å². The normalized spacial score (nSPS) is 24.0. The first-order valence-corrected chi connectivity index (χ1v) is 14.3. The maximum atomic E-state index is 13.5. The van der Waals surface area contributed by atoms with Gasteiger partial charge < -0.3 is 19.9 Å². The first-order chi connectivity index (χ1) is 20.4. The zero-order valence-electron chi connectivity index (χ0n) is 23.6. The highest BCUT2D eigenvalue weighted by Crippen LogP contribution is 2.57. The van der Waals surface area contributed by atoms with Crippen molar-refractivity contribution < 1.29 is 19.0 Å². The maximum Gasteiger partial charge on any atom is 0.176 e. The van der Waals surface area contributed by atoms with Crippen molar-refractivity contribution in [1.29, 1.82) is 5.26 Å². The minimum atomic E-state index is -0.818. The number of aliphatic hydroxyl groups excluding tert-OH is 1. The van der Waals surface area contributed by atoms with E-state index in [1.807, 2.05) is 12.3 Å². The van der Waals surface area contributed by atoms with Crippen LogP contribution in [0, 0.1) is 29.6 Å². The number of nitrogens with zero attached hydrogens (tertiary/aromatic N) is 7. The summed E-state index contributed by atoms with van der Waals surface area (Å²) in [5, 5.41) is 31.4. The SMILES string of the molecule is COc1cnn2cc(-c3nn4c(c3C)CN(C3CC5(CC(NC#N)C5)C3)CC4)cc(OC(CO)c3ccc(F)cn3)c12. The number of ether oxygens (including phenoxy) is 2. The molecule has 2 N–H and O–H groups in total. The molecule has 4 aromatic heterocycles. The van der Waals surface area contributed by atoms with E-state index < -0.39 is 11.9 Å². The van der Waals surface area contributed by atoms with E-state index in [1.54, 1.807) is 17.8 Å². The van der Waals surface area contributed by atoms with E-state index in [0.29, 0.717) is 40.2 Å². The van der Waals surface area contributed by atoms with Gasteiger partial charge >= 0.3 is 0 Å². The van der Waals surface area contributed by atoms with Crippen LogP contribution >= 0.6 is 0 Å². The third-order valence-electron chi connectivity index (χ3n) is 9.31. The van der Waals surface area contributed by atoms with E-state index >= 15 is 0 Å². The molecule has 1 aliphatic heterocycles. The van der Waals surface area contributed by atoms with E-state index in [-0.39, 0.29) is 6.61 Å². The molecule has 11 nitrogen and oxygen atoms in total. The standard InChI is InChI=1S/C30H33FN8O3/c1-18-24-15-37(22-10-30(11-22)8-21(9-30)34-17-32)5-6-38(24)36-28(18)19-7-25(29-26(41-2)13-35-39(29)14-19)42-27(16-40)23-4-3-20(31)12-33-23/h3-4,7,12-14,21-22,27,34,40H,5-6,8-11,15-16H2,1-2H3. The Labute approximate surface area is 242 Å². The topological polar surface area (TPSA) is 126 Å². The molecule has 0 saturated heterocycles. The summed E-state index contributed by atoms with van der Waals surface area (Å²) in [5.74, 6) is 0.510. The van der Waals surface area contributed by atoms with E-state index in [9.17, 15) is 9.50 Å². The third kappa shape index (κ3) is 4.44. The Bertz CT molecular complexity index is 1660. The predicted octanol–water partition coefficient (Wildman–Crippen LogP) is 3.36. The lowest BCUT2D eigenvalue weighted by Crippen LogP contribution is -2.60. The predicted molar refractivity (Wildman–Crippen MR) is 150 cm³/mol. The van der Waals surface area contributed by atoms with Crippen molar-refractivity contribution in [1.82, 2.24) is 34.6 Å². The van der Waals surface area contributed by atoms with Gasteiger partial charge in [-0.25, -0.2) is 8.91 Å². The van der Waals surface area contributed by atoms with Gasteiger partial charge in [-0.3, -0.25) is 14.6 Å². The van der Waals surface area contributed by atoms with Crippen LogP contribution in [-0.2, 0) is 13.1 Å². The van der Waals surface area contributed by atoms with Gasteiger partial charge in [0.25, 0.3) is 0 Å². The summed E-state index contributed by atoms with van der Waals surface area (Å²) in [7, 11) is 1.57. The molecule has 7 rings (SSSR count). The average molecular weight is 573 g/mol. The highest BCUT2D eigenvalue weighted by molar-refractivity contribution is 5.75. The number of pyridine rings is 2. The van der Waals surface area contributed by atoms with Crippen LogP contribution in [0.4, 0.5) is 4.39 Å². The molecule has 0 amide bonds. The van der Waals surface area contributed by atoms with Crippen molar-refractivity contribution in [3.63, 3.8) is 0 Å². The first kappa shape index (κ1) is 26.7. The van der Waals surface area contributed by atoms with Crippen LogP contribution in [-0.4, -0.2) is 66.7 Å². The van der Waals surface area contributed by atoms with Gasteiger partial charge in [-0.2, -0.15) is 15.5 Å². The van der Waals surface area contributed by atoms with Gasteiger partial charge in [0, 0.05) is 36.9 Å². The van der Waals surface area contributed by atoms with Crippen molar-refractivity contribution >= 4 is 5.52 Å². The lowest BCUT2D eigenvalue weighted by Gasteiger charge is -2.60. The van der Waals surface area contributed by atoms with E-state index in [2.05, 4.69) is 38.1 Å². The van der Waals surface area contributed by atoms with Gasteiger partial charge in [0.15, 0.2) is 29.3 Å². The number of hydrogen-bond donors (Lipinski definition) is 2. The third-order valence-corrected chi connectivity index (χ3v) is 9.31. The smallest absolute Gasteiger partial charge is 0.176 e. The zero-order chi connectivity index (χ0) is 29.0. The minimum absolute atomic E-state index is 0.350. The lowest BCUT2D eigenvalue weighted by molar-refractivity contribution is -0.0774. The monoisotopic (exact) mass is 572 g/mol. The molecule has 2 aliphatic carbocycles. The van der Waals surface area contributed by atoms with Crippen LogP contribution in [0.2, 0.25) is 0 Å². The summed E-state index contributed by atoms with van der Waals surface area (Å²) in [5.41, 5.74) is 5.43. The average Bonchev–Trinajstić information content (AvgIpc) is 3.53. The molecule has 4 aromatic rings.